The third-order valence-corrected chi connectivity index (χ3v) is 2.74. The Morgan fingerprint density at radius 1 is 1.28 bits per heavy atom. The Morgan fingerprint density at radius 3 is 2.17 bits per heavy atom. The van der Waals surface area contributed by atoms with Crippen molar-refractivity contribution in [2.75, 3.05) is 13.1 Å². The van der Waals surface area contributed by atoms with E-state index in [4.69, 9.17) is 0 Å². The van der Waals surface area contributed by atoms with E-state index in [0.717, 1.165) is 0 Å². The summed E-state index contributed by atoms with van der Waals surface area (Å²) in [6.07, 6.45) is -4.22. The molecule has 0 aromatic heterocycles. The Labute approximate surface area is 103 Å². The topological polar surface area (TPSA) is 49.4 Å². The lowest BCUT2D eigenvalue weighted by atomic mass is 10.0. The fourth-order valence-electron chi connectivity index (χ4n) is 1.76. The van der Waals surface area contributed by atoms with Crippen LogP contribution in [-0.4, -0.2) is 42.0 Å². The third kappa shape index (κ3) is 3.75. The highest BCUT2D eigenvalue weighted by molar-refractivity contribution is 5.92. The lowest BCUT2D eigenvalue weighted by molar-refractivity contribution is -0.174. The highest BCUT2D eigenvalue weighted by Gasteiger charge is 2.40. The molecule has 0 aromatic rings. The number of carbonyl (C=O) groups is 2. The minimum absolute atomic E-state index is 0.199. The molecule has 0 aromatic carbocycles. The number of nitrogens with zero attached hydrogens (tertiary/aromatic N) is 1. The number of halogens is 3. The minimum Gasteiger partial charge on any atom is -0.345 e. The molecule has 1 aliphatic heterocycles. The molecule has 7 heteroatoms. The summed E-state index contributed by atoms with van der Waals surface area (Å²) in [5, 5.41) is 1.92. The second kappa shape index (κ2) is 5.41. The molecule has 1 rings (SSSR count). The lowest BCUT2D eigenvalue weighted by Gasteiger charge is -2.32. The molecule has 1 fully saturated rings. The molecule has 0 radical (unpaired) electrons. The SMILES string of the molecule is C=C(C)C(=O)N1CCC(NC(=O)C(F)(F)F)CC1. The van der Waals surface area contributed by atoms with Gasteiger partial charge in [-0.05, 0) is 19.8 Å². The van der Waals surface area contributed by atoms with E-state index in [-0.39, 0.29) is 5.91 Å². The molecule has 0 saturated carbocycles. The first-order valence-corrected chi connectivity index (χ1v) is 5.54. The number of hydrogen-bond donors (Lipinski definition) is 1. The van der Waals surface area contributed by atoms with Gasteiger partial charge in [0.2, 0.25) is 5.91 Å². The standard InChI is InChI=1S/C11H15F3N2O2/c1-7(2)9(17)16-5-3-8(4-6-16)15-10(18)11(12,13)14/h8H,1,3-6H2,2H3,(H,15,18). The van der Waals surface area contributed by atoms with Gasteiger partial charge in [0, 0.05) is 24.7 Å². The van der Waals surface area contributed by atoms with Gasteiger partial charge >= 0.3 is 12.1 Å². The number of amides is 2. The van der Waals surface area contributed by atoms with Crippen LogP contribution in [0.3, 0.4) is 0 Å². The fourth-order valence-corrected chi connectivity index (χ4v) is 1.76. The van der Waals surface area contributed by atoms with E-state index in [1.165, 1.54) is 4.90 Å². The molecule has 0 spiro atoms. The zero-order chi connectivity index (χ0) is 13.9. The molecule has 1 saturated heterocycles. The first kappa shape index (κ1) is 14.5. The van der Waals surface area contributed by atoms with Crippen LogP contribution in [-0.2, 0) is 9.59 Å². The first-order chi connectivity index (χ1) is 8.21. The van der Waals surface area contributed by atoms with Crippen LogP contribution in [0.15, 0.2) is 12.2 Å². The van der Waals surface area contributed by atoms with Crippen molar-refractivity contribution in [1.29, 1.82) is 0 Å². The quantitative estimate of drug-likeness (QED) is 0.763. The highest BCUT2D eigenvalue weighted by Crippen LogP contribution is 2.17. The Balaban J connectivity index is 2.43. The summed E-state index contributed by atoms with van der Waals surface area (Å²) in [4.78, 5) is 23.8. The summed E-state index contributed by atoms with van der Waals surface area (Å²) in [6, 6.07) is -0.534. The van der Waals surface area contributed by atoms with Crippen molar-refractivity contribution in [3.8, 4) is 0 Å². The Kier molecular flexibility index (Phi) is 4.37. The van der Waals surface area contributed by atoms with Gasteiger partial charge in [0.25, 0.3) is 0 Å². The predicted octanol–water partition coefficient (Wildman–Crippen LogP) is 1.23. The van der Waals surface area contributed by atoms with Crippen LogP contribution in [0.4, 0.5) is 13.2 Å². The van der Waals surface area contributed by atoms with Crippen molar-refractivity contribution in [3.05, 3.63) is 12.2 Å². The number of rotatable bonds is 2. The van der Waals surface area contributed by atoms with Crippen LogP contribution in [0, 0.1) is 0 Å². The van der Waals surface area contributed by atoms with Gasteiger partial charge in [-0.15, -0.1) is 0 Å². The second-order valence-corrected chi connectivity index (χ2v) is 4.32. The minimum atomic E-state index is -4.86. The zero-order valence-electron chi connectivity index (χ0n) is 10.0. The Hall–Kier alpha value is -1.53. The maximum absolute atomic E-state index is 12.0. The smallest absolute Gasteiger partial charge is 0.345 e. The molecule has 0 bridgehead atoms. The average Bonchev–Trinajstić information content (AvgIpc) is 2.27. The van der Waals surface area contributed by atoms with Gasteiger partial charge in [0.1, 0.15) is 0 Å². The normalized spacial score (nSPS) is 17.4. The molecular formula is C11H15F3N2O2. The van der Waals surface area contributed by atoms with Crippen LogP contribution in [0.1, 0.15) is 19.8 Å². The van der Waals surface area contributed by atoms with Crippen molar-refractivity contribution >= 4 is 11.8 Å². The zero-order valence-corrected chi connectivity index (χ0v) is 10.0. The molecule has 0 unspecified atom stereocenters. The van der Waals surface area contributed by atoms with Gasteiger partial charge in [0.05, 0.1) is 0 Å². The predicted molar refractivity (Wildman–Crippen MR) is 58.6 cm³/mol. The lowest BCUT2D eigenvalue weighted by Crippen LogP contribution is -2.49. The van der Waals surface area contributed by atoms with Crippen LogP contribution in [0.5, 0.6) is 0 Å². The maximum atomic E-state index is 12.0. The molecule has 4 nitrogen and oxygen atoms in total. The van der Waals surface area contributed by atoms with Crippen molar-refractivity contribution in [2.24, 2.45) is 0 Å². The summed E-state index contributed by atoms with van der Waals surface area (Å²) in [7, 11) is 0. The number of piperidine rings is 1. The van der Waals surface area contributed by atoms with Gasteiger partial charge in [0.15, 0.2) is 0 Å². The Morgan fingerprint density at radius 2 is 1.78 bits per heavy atom. The molecule has 18 heavy (non-hydrogen) atoms. The molecule has 1 N–H and O–H groups in total. The second-order valence-electron chi connectivity index (χ2n) is 4.32. The summed E-state index contributed by atoms with van der Waals surface area (Å²) >= 11 is 0. The number of carbonyl (C=O) groups excluding carboxylic acids is 2. The largest absolute Gasteiger partial charge is 0.471 e. The van der Waals surface area contributed by atoms with Crippen LogP contribution in [0.2, 0.25) is 0 Å². The van der Waals surface area contributed by atoms with Crippen LogP contribution >= 0.6 is 0 Å². The van der Waals surface area contributed by atoms with Crippen molar-refractivity contribution < 1.29 is 22.8 Å². The monoisotopic (exact) mass is 264 g/mol. The van der Waals surface area contributed by atoms with Crippen LogP contribution < -0.4 is 5.32 Å². The highest BCUT2D eigenvalue weighted by atomic mass is 19.4. The summed E-state index contributed by atoms with van der Waals surface area (Å²) < 4.78 is 36.1. The van der Waals surface area contributed by atoms with Crippen LogP contribution in [0.25, 0.3) is 0 Å². The molecule has 1 aliphatic rings. The fraction of sp³-hybridized carbons (Fsp3) is 0.636. The van der Waals surface area contributed by atoms with Gasteiger partial charge in [-0.3, -0.25) is 9.59 Å². The Bertz CT molecular complexity index is 358. The number of likely N-dealkylation sites (tertiary alicyclic amines) is 1. The summed E-state index contributed by atoms with van der Waals surface area (Å²) in [5.74, 6) is -2.12. The van der Waals surface area contributed by atoms with E-state index in [9.17, 15) is 22.8 Å². The number of nitrogens with one attached hydrogen (secondary N) is 1. The number of hydrogen-bond acceptors (Lipinski definition) is 2. The van der Waals surface area contributed by atoms with E-state index in [1.54, 1.807) is 6.92 Å². The number of alkyl halides is 3. The van der Waals surface area contributed by atoms with Crippen molar-refractivity contribution in [1.82, 2.24) is 10.2 Å². The van der Waals surface area contributed by atoms with E-state index in [2.05, 4.69) is 6.58 Å². The van der Waals surface area contributed by atoms with Gasteiger partial charge in [-0.25, -0.2) is 0 Å². The molecule has 102 valence electrons. The van der Waals surface area contributed by atoms with E-state index >= 15 is 0 Å². The average molecular weight is 264 g/mol. The van der Waals surface area contributed by atoms with Gasteiger partial charge in [-0.1, -0.05) is 6.58 Å². The summed E-state index contributed by atoms with van der Waals surface area (Å²) in [6.45, 7) is 5.76. The van der Waals surface area contributed by atoms with E-state index in [0.29, 0.717) is 31.5 Å². The van der Waals surface area contributed by atoms with Crippen molar-refractivity contribution in [2.45, 2.75) is 32.0 Å². The molecular weight excluding hydrogens is 249 g/mol. The summed E-state index contributed by atoms with van der Waals surface area (Å²) in [5.41, 5.74) is 0.396. The maximum Gasteiger partial charge on any atom is 0.471 e. The first-order valence-electron chi connectivity index (χ1n) is 5.54. The third-order valence-electron chi connectivity index (χ3n) is 2.74. The van der Waals surface area contributed by atoms with Gasteiger partial charge < -0.3 is 10.2 Å². The molecule has 0 aliphatic carbocycles. The van der Waals surface area contributed by atoms with E-state index in [1.807, 2.05) is 5.32 Å². The van der Waals surface area contributed by atoms with Gasteiger partial charge in [-0.2, -0.15) is 13.2 Å². The van der Waals surface area contributed by atoms with E-state index < -0.39 is 18.1 Å². The molecule has 2 amide bonds. The van der Waals surface area contributed by atoms with Crippen molar-refractivity contribution in [3.63, 3.8) is 0 Å². The molecule has 1 heterocycles. The molecule has 0 atom stereocenters.